The van der Waals surface area contributed by atoms with E-state index in [4.69, 9.17) is 14.4 Å². The Kier molecular flexibility index (Phi) is 24.4. The van der Waals surface area contributed by atoms with Gasteiger partial charge in [-0.25, -0.2) is 4.79 Å². The first kappa shape index (κ1) is 41.9. The van der Waals surface area contributed by atoms with Gasteiger partial charge in [0.2, 0.25) is 0 Å². The van der Waals surface area contributed by atoms with Crippen molar-refractivity contribution in [3.05, 3.63) is 0 Å². The number of aliphatic hydroxyl groups is 1. The van der Waals surface area contributed by atoms with E-state index in [2.05, 4.69) is 11.7 Å². The number of carbonyl (C=O) groups excluding carboxylic acids is 3. The van der Waals surface area contributed by atoms with Gasteiger partial charge in [-0.3, -0.25) is 23.7 Å². The summed E-state index contributed by atoms with van der Waals surface area (Å²) in [5.41, 5.74) is -3.04. The number of aliphatic carboxylic acids is 2. The predicted octanol–water partition coefficient (Wildman–Crippen LogP) is 0.550. The number of carboxylic acid groups (broad SMARTS) is 2. The molecule has 0 aliphatic rings. The van der Waals surface area contributed by atoms with Crippen molar-refractivity contribution in [2.75, 3.05) is 6.61 Å². The van der Waals surface area contributed by atoms with Crippen LogP contribution in [0.2, 0.25) is 0 Å². The summed E-state index contributed by atoms with van der Waals surface area (Å²) in [6.45, 7) is 2.13. The number of unbranched alkanes of at least 4 members (excludes halogenated alkanes) is 9. The Hall–Kier alpha value is -0.580. The van der Waals surface area contributed by atoms with Crippen molar-refractivity contribution < 1.29 is 61.7 Å². The summed E-state index contributed by atoms with van der Waals surface area (Å²) in [5, 5.41) is 25.4. The van der Waals surface area contributed by atoms with E-state index in [1.807, 2.05) is 0 Å². The molecule has 212 valence electrons. The number of carboxylic acids is 2. The molecule has 0 fully saturated rings. The molecular formula is C22H38Na2O13S. The van der Waals surface area contributed by atoms with E-state index in [1.165, 1.54) is 32.1 Å². The van der Waals surface area contributed by atoms with Gasteiger partial charge in [0.15, 0.2) is 10.9 Å². The summed E-state index contributed by atoms with van der Waals surface area (Å²) in [4.78, 5) is 57.7. The second-order valence-electron chi connectivity index (χ2n) is 8.49. The van der Waals surface area contributed by atoms with E-state index in [0.29, 0.717) is 6.42 Å². The number of carbonyl (C=O) groups is 5. The Morgan fingerprint density at radius 1 is 0.789 bits per heavy atom. The molecule has 0 aliphatic carbocycles. The van der Waals surface area contributed by atoms with Crippen LogP contribution in [0.3, 0.4) is 0 Å². The third-order valence-corrected chi connectivity index (χ3v) is 6.31. The molecule has 0 amide bonds. The molecule has 0 saturated carbocycles. The average molecular weight is 589 g/mol. The first-order chi connectivity index (χ1) is 16.7. The van der Waals surface area contributed by atoms with Crippen molar-refractivity contribution in [1.82, 2.24) is 0 Å². The molecule has 2 atom stereocenters. The first-order valence-electron chi connectivity index (χ1n) is 11.8. The third kappa shape index (κ3) is 19.5. The maximum atomic E-state index is 11.9. The van der Waals surface area contributed by atoms with Crippen LogP contribution in [0.1, 0.15) is 90.4 Å². The monoisotopic (exact) mass is 588 g/mol. The number of hydrogen-bond acceptors (Lipinski definition) is 10. The molecule has 2 unspecified atom stereocenters. The number of ether oxygens (including phenoxy) is 2. The van der Waals surface area contributed by atoms with E-state index >= 15 is 0 Å². The normalized spacial score (nSPS) is 13.1. The zero-order chi connectivity index (χ0) is 27.8. The molecule has 0 heterocycles. The van der Waals surface area contributed by atoms with Gasteiger partial charge in [-0.15, -0.1) is 0 Å². The molecule has 0 aromatic rings. The molecule has 0 radical (unpaired) electrons. The Morgan fingerprint density at radius 2 is 1.24 bits per heavy atom. The van der Waals surface area contributed by atoms with Crippen LogP contribution in [0.4, 0.5) is 0 Å². The predicted molar refractivity (Wildman–Crippen MR) is 138 cm³/mol. The van der Waals surface area contributed by atoms with Crippen LogP contribution in [0.5, 0.6) is 0 Å². The molecule has 4 N–H and O–H groups in total. The summed E-state index contributed by atoms with van der Waals surface area (Å²) in [6.07, 6.45) is 6.41. The van der Waals surface area contributed by atoms with Crippen LogP contribution >= 0.6 is 0 Å². The second kappa shape index (κ2) is 22.1. The molecule has 38 heavy (non-hydrogen) atoms. The standard InChI is InChI=1S/C22H36O13S.2Na.2H/c1-2-3-4-5-6-7-8-9-10-11-12-34-18(25)14-22(30,21(28)29)15-19(26)35-20(27)16(13-17(23)24)36(31,32)33;;;;/h16,30H,2-15H2,1H3,(H,23,24)(H,28,29)(H,31,32,33);;;;. The molecule has 0 bridgehead atoms. The quantitative estimate of drug-likeness (QED) is 0.0502. The van der Waals surface area contributed by atoms with Gasteiger partial charge in [-0.2, -0.15) is 8.42 Å². The molecule has 0 saturated heterocycles. The van der Waals surface area contributed by atoms with Crippen molar-refractivity contribution >= 4 is 99.1 Å². The number of rotatable bonds is 20. The summed E-state index contributed by atoms with van der Waals surface area (Å²) in [6, 6.07) is 0. The number of esters is 3. The Bertz CT molecular complexity index is 863. The van der Waals surface area contributed by atoms with Crippen LogP contribution in [-0.2, 0) is 43.6 Å². The molecule has 0 spiro atoms. The van der Waals surface area contributed by atoms with Crippen molar-refractivity contribution in [1.29, 1.82) is 0 Å². The van der Waals surface area contributed by atoms with Crippen molar-refractivity contribution in [3.8, 4) is 0 Å². The fourth-order valence-corrected chi connectivity index (χ4v) is 3.85. The van der Waals surface area contributed by atoms with E-state index in [9.17, 15) is 42.6 Å². The summed E-state index contributed by atoms with van der Waals surface area (Å²) < 4.78 is 40.2. The van der Waals surface area contributed by atoms with Crippen molar-refractivity contribution in [3.63, 3.8) is 0 Å². The summed E-state index contributed by atoms with van der Waals surface area (Å²) in [7, 11) is -5.27. The Labute approximate surface area is 266 Å². The van der Waals surface area contributed by atoms with Gasteiger partial charge in [0, 0.05) is 0 Å². The average Bonchev–Trinajstić information content (AvgIpc) is 2.74. The van der Waals surface area contributed by atoms with Gasteiger partial charge in [0.1, 0.15) is 0 Å². The molecule has 0 rings (SSSR count). The Balaban J connectivity index is -0.00000612. The van der Waals surface area contributed by atoms with Gasteiger partial charge >= 0.3 is 89.0 Å². The maximum absolute atomic E-state index is 11.9. The molecule has 16 heteroatoms. The molecule has 0 aliphatic heterocycles. The topological polar surface area (TPSA) is 219 Å². The SMILES string of the molecule is CCCCCCCCCCCCOC(=O)CC(O)(CC(=O)OC(=O)C(CC(=O)O)S(=O)(=O)O)C(=O)O.[NaH].[NaH]. The van der Waals surface area contributed by atoms with Gasteiger partial charge in [0.25, 0.3) is 10.1 Å². The minimum absolute atomic E-state index is 0. The molecular weight excluding hydrogens is 550 g/mol. The molecule has 0 aromatic carbocycles. The van der Waals surface area contributed by atoms with E-state index in [-0.39, 0.29) is 65.7 Å². The van der Waals surface area contributed by atoms with E-state index < -0.39 is 70.1 Å². The van der Waals surface area contributed by atoms with Crippen LogP contribution < -0.4 is 0 Å². The third-order valence-electron chi connectivity index (χ3n) is 5.23. The van der Waals surface area contributed by atoms with Gasteiger partial charge in [0.05, 0.1) is 25.9 Å². The first-order valence-corrected chi connectivity index (χ1v) is 13.3. The molecule has 0 aromatic heterocycles. The number of hydrogen-bond donors (Lipinski definition) is 4. The fourth-order valence-electron chi connectivity index (χ4n) is 3.20. The summed E-state index contributed by atoms with van der Waals surface area (Å²) >= 11 is 0. The zero-order valence-electron chi connectivity index (χ0n) is 20.3. The second-order valence-corrected chi connectivity index (χ2v) is 10.1. The Morgan fingerprint density at radius 3 is 1.66 bits per heavy atom. The van der Waals surface area contributed by atoms with Crippen LogP contribution in [0.25, 0.3) is 0 Å². The van der Waals surface area contributed by atoms with E-state index in [1.54, 1.807) is 0 Å². The summed E-state index contributed by atoms with van der Waals surface area (Å²) in [5.74, 6) is -8.70. The molecule has 13 nitrogen and oxygen atoms in total. The van der Waals surface area contributed by atoms with Gasteiger partial charge in [-0.05, 0) is 6.42 Å². The van der Waals surface area contributed by atoms with Crippen molar-refractivity contribution in [2.24, 2.45) is 0 Å². The van der Waals surface area contributed by atoms with Crippen LogP contribution in [0, 0.1) is 0 Å². The van der Waals surface area contributed by atoms with Gasteiger partial charge in [-0.1, -0.05) is 64.7 Å². The van der Waals surface area contributed by atoms with Crippen molar-refractivity contribution in [2.45, 2.75) is 101 Å². The van der Waals surface area contributed by atoms with Crippen LogP contribution in [-0.4, -0.2) is 135 Å². The minimum atomic E-state index is -5.27. The van der Waals surface area contributed by atoms with Gasteiger partial charge < -0.3 is 24.8 Å². The van der Waals surface area contributed by atoms with Crippen LogP contribution in [0.15, 0.2) is 0 Å². The zero-order valence-corrected chi connectivity index (χ0v) is 21.2. The fraction of sp³-hybridized carbons (Fsp3) is 0.773. The van der Waals surface area contributed by atoms with E-state index in [0.717, 1.165) is 25.7 Å².